The molecule has 1 aliphatic heterocycles. The monoisotopic (exact) mass is 171 g/mol. The Morgan fingerprint density at radius 3 is 2.67 bits per heavy atom. The molecule has 0 aromatic heterocycles. The van der Waals surface area contributed by atoms with E-state index in [-0.39, 0.29) is 18.1 Å². The first kappa shape index (κ1) is 9.19. The largest absolute Gasteiger partial charge is 0.299 e. The Morgan fingerprint density at radius 2 is 2.17 bits per heavy atom. The summed E-state index contributed by atoms with van der Waals surface area (Å²) in [5.41, 5.74) is 0. The number of rotatable bonds is 2. The van der Waals surface area contributed by atoms with Crippen LogP contribution in [0.3, 0.4) is 0 Å². The number of hydrogen-bond acceptors (Lipinski definition) is 3. The highest BCUT2D eigenvalue weighted by molar-refractivity contribution is 5.96. The fourth-order valence-corrected chi connectivity index (χ4v) is 1.09. The Kier molecular flexibility index (Phi) is 3.22. The second kappa shape index (κ2) is 4.21. The third-order valence-corrected chi connectivity index (χ3v) is 1.68. The lowest BCUT2D eigenvalue weighted by Crippen LogP contribution is -2.36. The highest BCUT2D eigenvalue weighted by Crippen LogP contribution is 2.07. The van der Waals surface area contributed by atoms with Crippen LogP contribution in [0.1, 0.15) is 26.2 Å². The van der Waals surface area contributed by atoms with Gasteiger partial charge in [0.1, 0.15) is 5.78 Å². The summed E-state index contributed by atoms with van der Waals surface area (Å²) >= 11 is 0. The fourth-order valence-electron chi connectivity index (χ4n) is 1.09. The summed E-state index contributed by atoms with van der Waals surface area (Å²) in [6.07, 6.45) is 1.91. The Balaban J connectivity index is 2.34. The summed E-state index contributed by atoms with van der Waals surface area (Å²) in [6.45, 7) is 2.61. The van der Waals surface area contributed by atoms with Gasteiger partial charge in [0, 0.05) is 6.54 Å². The van der Waals surface area contributed by atoms with Crippen LogP contribution >= 0.6 is 0 Å². The van der Waals surface area contributed by atoms with E-state index in [1.165, 1.54) is 12.0 Å². The van der Waals surface area contributed by atoms with Crippen molar-refractivity contribution in [3.63, 3.8) is 0 Å². The quantitative estimate of drug-likeness (QED) is 0.569. The number of carbonyl (C=O) groups excluding carboxylic acids is 2. The zero-order chi connectivity index (χ0) is 8.97. The van der Waals surface area contributed by atoms with Crippen LogP contribution in [0.2, 0.25) is 0 Å². The molecule has 1 rings (SSSR count). The molecule has 68 valence electrons. The summed E-state index contributed by atoms with van der Waals surface area (Å²) in [6, 6.07) is 0. The van der Waals surface area contributed by atoms with Gasteiger partial charge in [-0.2, -0.15) is 0 Å². The molecule has 0 aliphatic carbocycles. The minimum absolute atomic E-state index is 0.0417. The smallest absolute Gasteiger partial charge is 0.253 e. The zero-order valence-corrected chi connectivity index (χ0v) is 7.21. The molecule has 0 unspecified atom stereocenters. The summed E-state index contributed by atoms with van der Waals surface area (Å²) in [7, 11) is 0. The predicted octanol–water partition coefficient (Wildman–Crippen LogP) is 0.520. The topological polar surface area (TPSA) is 46.6 Å². The van der Waals surface area contributed by atoms with Crippen molar-refractivity contribution in [2.45, 2.75) is 26.2 Å². The maximum Gasteiger partial charge on any atom is 0.253 e. The second-order valence-corrected chi connectivity index (χ2v) is 2.91. The lowest BCUT2D eigenvalue weighted by molar-refractivity contribution is -0.197. The molecule has 0 bridgehead atoms. The van der Waals surface area contributed by atoms with Gasteiger partial charge in [0.15, 0.2) is 0 Å². The van der Waals surface area contributed by atoms with E-state index in [0.29, 0.717) is 13.2 Å². The van der Waals surface area contributed by atoms with E-state index in [0.717, 1.165) is 12.8 Å². The molecular weight excluding hydrogens is 158 g/mol. The highest BCUT2D eigenvalue weighted by atomic mass is 16.7. The Bertz CT molecular complexity index is 185. The van der Waals surface area contributed by atoms with E-state index in [2.05, 4.69) is 0 Å². The van der Waals surface area contributed by atoms with Gasteiger partial charge in [-0.1, -0.05) is 0 Å². The van der Waals surface area contributed by atoms with Crippen LogP contribution in [-0.4, -0.2) is 29.9 Å². The number of Topliss-reactive ketones (excluding diaryl/α,β-unsaturated/α-hetero) is 1. The number of hydrogen-bond donors (Lipinski definition) is 0. The minimum Gasteiger partial charge on any atom is -0.299 e. The molecule has 0 N–H and O–H groups in total. The lowest BCUT2D eigenvalue weighted by Gasteiger charge is -2.25. The maximum atomic E-state index is 11.2. The van der Waals surface area contributed by atoms with E-state index < -0.39 is 0 Å². The van der Waals surface area contributed by atoms with Crippen LogP contribution in [0.5, 0.6) is 0 Å². The molecule has 0 aromatic carbocycles. The van der Waals surface area contributed by atoms with E-state index in [1.807, 2.05) is 0 Å². The van der Waals surface area contributed by atoms with Gasteiger partial charge in [0.25, 0.3) is 5.91 Å². The zero-order valence-electron chi connectivity index (χ0n) is 7.21. The van der Waals surface area contributed by atoms with Crippen LogP contribution < -0.4 is 0 Å². The second-order valence-electron chi connectivity index (χ2n) is 2.91. The van der Waals surface area contributed by atoms with E-state index >= 15 is 0 Å². The molecule has 1 saturated heterocycles. The standard InChI is InChI=1S/C8H13NO3/c1-7(10)6-8(11)9-4-2-3-5-12-9/h2-6H2,1H3. The summed E-state index contributed by atoms with van der Waals surface area (Å²) in [5.74, 6) is -0.337. The minimum atomic E-state index is -0.220. The van der Waals surface area contributed by atoms with Crippen molar-refractivity contribution >= 4 is 11.7 Å². The molecule has 0 aromatic rings. The Labute approximate surface area is 71.4 Å². The first-order chi connectivity index (χ1) is 5.70. The number of nitrogens with zero attached hydrogens (tertiary/aromatic N) is 1. The number of hydroxylamine groups is 2. The molecule has 0 saturated carbocycles. The molecule has 0 radical (unpaired) electrons. The highest BCUT2D eigenvalue weighted by Gasteiger charge is 2.18. The maximum absolute atomic E-state index is 11.2. The third-order valence-electron chi connectivity index (χ3n) is 1.68. The molecule has 1 aliphatic rings. The number of ketones is 1. The van der Waals surface area contributed by atoms with Gasteiger partial charge in [0.05, 0.1) is 13.0 Å². The SMILES string of the molecule is CC(=O)CC(=O)N1CCCCO1. The van der Waals surface area contributed by atoms with Crippen molar-refractivity contribution in [1.29, 1.82) is 0 Å². The van der Waals surface area contributed by atoms with Crippen molar-refractivity contribution in [3.05, 3.63) is 0 Å². The fraction of sp³-hybridized carbons (Fsp3) is 0.750. The van der Waals surface area contributed by atoms with Crippen molar-refractivity contribution in [2.75, 3.05) is 13.2 Å². The number of amides is 1. The van der Waals surface area contributed by atoms with Crippen molar-refractivity contribution in [1.82, 2.24) is 5.06 Å². The van der Waals surface area contributed by atoms with Gasteiger partial charge in [-0.25, -0.2) is 5.06 Å². The molecular formula is C8H13NO3. The molecule has 4 nitrogen and oxygen atoms in total. The van der Waals surface area contributed by atoms with Gasteiger partial charge < -0.3 is 0 Å². The van der Waals surface area contributed by atoms with Crippen LogP contribution in [0.4, 0.5) is 0 Å². The van der Waals surface area contributed by atoms with E-state index in [9.17, 15) is 9.59 Å². The summed E-state index contributed by atoms with van der Waals surface area (Å²) in [5, 5.41) is 1.30. The lowest BCUT2D eigenvalue weighted by atomic mass is 10.2. The predicted molar refractivity (Wildman–Crippen MR) is 42.2 cm³/mol. The molecule has 4 heteroatoms. The van der Waals surface area contributed by atoms with Gasteiger partial charge in [-0.3, -0.25) is 14.4 Å². The average Bonchev–Trinajstić information content (AvgIpc) is 2.05. The van der Waals surface area contributed by atoms with Gasteiger partial charge in [-0.15, -0.1) is 0 Å². The first-order valence-corrected chi connectivity index (χ1v) is 4.13. The Hall–Kier alpha value is -0.900. The van der Waals surface area contributed by atoms with Crippen molar-refractivity contribution < 1.29 is 14.4 Å². The van der Waals surface area contributed by atoms with Crippen LogP contribution in [0, 0.1) is 0 Å². The molecule has 0 spiro atoms. The molecule has 1 fully saturated rings. The number of carbonyl (C=O) groups is 2. The Morgan fingerprint density at radius 1 is 1.42 bits per heavy atom. The van der Waals surface area contributed by atoms with Crippen molar-refractivity contribution in [2.24, 2.45) is 0 Å². The molecule has 1 heterocycles. The van der Waals surface area contributed by atoms with Crippen LogP contribution in [-0.2, 0) is 14.4 Å². The van der Waals surface area contributed by atoms with Gasteiger partial charge >= 0.3 is 0 Å². The van der Waals surface area contributed by atoms with Gasteiger partial charge in [-0.05, 0) is 19.8 Å². The van der Waals surface area contributed by atoms with Crippen LogP contribution in [0.25, 0.3) is 0 Å². The first-order valence-electron chi connectivity index (χ1n) is 4.13. The molecule has 0 atom stereocenters. The van der Waals surface area contributed by atoms with Crippen molar-refractivity contribution in [3.8, 4) is 0 Å². The average molecular weight is 171 g/mol. The summed E-state index contributed by atoms with van der Waals surface area (Å²) in [4.78, 5) is 26.9. The summed E-state index contributed by atoms with van der Waals surface area (Å²) < 4.78 is 0. The van der Waals surface area contributed by atoms with Gasteiger partial charge in [0.2, 0.25) is 0 Å². The van der Waals surface area contributed by atoms with Crippen LogP contribution in [0.15, 0.2) is 0 Å². The third kappa shape index (κ3) is 2.62. The van der Waals surface area contributed by atoms with E-state index in [4.69, 9.17) is 4.84 Å². The molecule has 12 heavy (non-hydrogen) atoms. The normalized spacial score (nSPS) is 17.6. The van der Waals surface area contributed by atoms with E-state index in [1.54, 1.807) is 0 Å². The molecule has 1 amide bonds.